The topological polar surface area (TPSA) is 107 Å². The van der Waals surface area contributed by atoms with Crippen LogP contribution < -0.4 is 29.7 Å². The maximum Gasteiger partial charge on any atom is 0.275 e. The molecule has 0 saturated carbocycles. The van der Waals surface area contributed by atoms with Crippen LogP contribution in [0.4, 0.5) is 5.69 Å². The third kappa shape index (κ3) is 5.87. The summed E-state index contributed by atoms with van der Waals surface area (Å²) in [6.45, 7) is 1.64. The molecular formula is C21H25N3O6. The molecule has 0 aromatic heterocycles. The molecular weight excluding hydrogens is 390 g/mol. The van der Waals surface area contributed by atoms with Crippen LogP contribution in [0.1, 0.15) is 23.7 Å². The molecule has 0 aliphatic carbocycles. The molecule has 0 aliphatic rings. The Bertz CT molecular complexity index is 942. The fourth-order valence-corrected chi connectivity index (χ4v) is 2.56. The molecule has 30 heavy (non-hydrogen) atoms. The highest BCUT2D eigenvalue weighted by Crippen LogP contribution is 2.29. The maximum atomic E-state index is 12.4. The van der Waals surface area contributed by atoms with Gasteiger partial charge in [-0.15, -0.1) is 0 Å². The largest absolute Gasteiger partial charge is 0.497 e. The predicted octanol–water partition coefficient (Wildman–Crippen LogP) is 2.86. The number of hydrogen-bond acceptors (Lipinski definition) is 7. The van der Waals surface area contributed by atoms with Crippen molar-refractivity contribution >= 4 is 23.2 Å². The van der Waals surface area contributed by atoms with Crippen LogP contribution in [0.5, 0.6) is 23.0 Å². The summed E-state index contributed by atoms with van der Waals surface area (Å²) in [7, 11) is 6.02. The SMILES string of the molecule is COc1ccc(NC(=O)CC(C)=NNC(=O)c2ccc(OC)cc2OC)c(OC)c1. The molecule has 0 fully saturated rings. The lowest BCUT2D eigenvalue weighted by molar-refractivity contribution is -0.115. The number of methoxy groups -OCH3 is 4. The van der Waals surface area contributed by atoms with E-state index in [9.17, 15) is 9.59 Å². The lowest BCUT2D eigenvalue weighted by atomic mass is 10.2. The third-order valence-corrected chi connectivity index (χ3v) is 4.10. The van der Waals surface area contributed by atoms with Crippen molar-refractivity contribution in [2.75, 3.05) is 33.8 Å². The number of amides is 2. The van der Waals surface area contributed by atoms with Gasteiger partial charge < -0.3 is 24.3 Å². The number of rotatable bonds is 9. The van der Waals surface area contributed by atoms with Crippen molar-refractivity contribution in [1.82, 2.24) is 5.43 Å². The van der Waals surface area contributed by atoms with E-state index in [1.54, 1.807) is 50.4 Å². The molecule has 2 amide bonds. The van der Waals surface area contributed by atoms with Gasteiger partial charge in [0, 0.05) is 17.8 Å². The Hall–Kier alpha value is -3.75. The van der Waals surface area contributed by atoms with Gasteiger partial charge >= 0.3 is 0 Å². The van der Waals surface area contributed by atoms with E-state index in [-0.39, 0.29) is 12.3 Å². The minimum absolute atomic E-state index is 0.0186. The fourth-order valence-electron chi connectivity index (χ4n) is 2.56. The summed E-state index contributed by atoms with van der Waals surface area (Å²) in [6.07, 6.45) is -0.0186. The monoisotopic (exact) mass is 415 g/mol. The summed E-state index contributed by atoms with van der Waals surface area (Å²) in [5, 5.41) is 6.74. The summed E-state index contributed by atoms with van der Waals surface area (Å²) < 4.78 is 20.7. The van der Waals surface area contributed by atoms with Crippen LogP contribution in [0.2, 0.25) is 0 Å². The van der Waals surface area contributed by atoms with Crippen molar-refractivity contribution in [3.8, 4) is 23.0 Å². The van der Waals surface area contributed by atoms with Gasteiger partial charge in [-0.25, -0.2) is 5.43 Å². The van der Waals surface area contributed by atoms with E-state index in [2.05, 4.69) is 15.8 Å². The number of carbonyl (C=O) groups excluding carboxylic acids is 2. The van der Waals surface area contributed by atoms with Crippen LogP contribution in [-0.2, 0) is 4.79 Å². The highest BCUT2D eigenvalue weighted by molar-refractivity contribution is 6.06. The van der Waals surface area contributed by atoms with Crippen LogP contribution in [-0.4, -0.2) is 46.0 Å². The molecule has 0 spiro atoms. The maximum absolute atomic E-state index is 12.4. The molecule has 0 atom stereocenters. The number of nitrogens with one attached hydrogen (secondary N) is 2. The molecule has 2 N–H and O–H groups in total. The number of anilines is 1. The third-order valence-electron chi connectivity index (χ3n) is 4.10. The average molecular weight is 415 g/mol. The summed E-state index contributed by atoms with van der Waals surface area (Å²) in [4.78, 5) is 24.7. The molecule has 0 heterocycles. The number of ether oxygens (including phenoxy) is 4. The molecule has 0 radical (unpaired) electrons. The van der Waals surface area contributed by atoms with Gasteiger partial charge in [-0.2, -0.15) is 5.10 Å². The number of hydrogen-bond donors (Lipinski definition) is 2. The number of benzene rings is 2. The number of hydrazone groups is 1. The first-order chi connectivity index (χ1) is 14.4. The Morgan fingerprint density at radius 3 is 2.07 bits per heavy atom. The Labute approximate surface area is 175 Å². The zero-order valence-electron chi connectivity index (χ0n) is 17.6. The van der Waals surface area contributed by atoms with Gasteiger partial charge in [-0.1, -0.05) is 0 Å². The summed E-state index contributed by atoms with van der Waals surface area (Å²) >= 11 is 0. The van der Waals surface area contributed by atoms with Crippen molar-refractivity contribution in [2.45, 2.75) is 13.3 Å². The second-order valence-corrected chi connectivity index (χ2v) is 6.15. The van der Waals surface area contributed by atoms with Crippen LogP contribution in [0.3, 0.4) is 0 Å². The van der Waals surface area contributed by atoms with E-state index in [1.807, 2.05) is 0 Å². The molecule has 160 valence electrons. The van der Waals surface area contributed by atoms with E-state index in [1.165, 1.54) is 21.3 Å². The molecule has 0 bridgehead atoms. The van der Waals surface area contributed by atoms with Crippen LogP contribution >= 0.6 is 0 Å². The van der Waals surface area contributed by atoms with Crippen molar-refractivity contribution in [1.29, 1.82) is 0 Å². The van der Waals surface area contributed by atoms with Gasteiger partial charge in [-0.3, -0.25) is 9.59 Å². The van der Waals surface area contributed by atoms with Gasteiger partial charge in [0.05, 0.1) is 46.1 Å². The van der Waals surface area contributed by atoms with E-state index >= 15 is 0 Å². The van der Waals surface area contributed by atoms with Gasteiger partial charge in [0.2, 0.25) is 5.91 Å². The highest BCUT2D eigenvalue weighted by atomic mass is 16.5. The quantitative estimate of drug-likeness (QED) is 0.482. The zero-order chi connectivity index (χ0) is 22.1. The minimum Gasteiger partial charge on any atom is -0.497 e. The zero-order valence-corrected chi connectivity index (χ0v) is 17.6. The number of nitrogens with zero attached hydrogens (tertiary/aromatic N) is 1. The Morgan fingerprint density at radius 2 is 1.47 bits per heavy atom. The average Bonchev–Trinajstić information content (AvgIpc) is 2.77. The van der Waals surface area contributed by atoms with Crippen molar-refractivity contribution < 1.29 is 28.5 Å². The molecule has 9 heteroatoms. The smallest absolute Gasteiger partial charge is 0.275 e. The highest BCUT2D eigenvalue weighted by Gasteiger charge is 2.14. The molecule has 2 aromatic rings. The fraction of sp³-hybridized carbons (Fsp3) is 0.286. The first-order valence-electron chi connectivity index (χ1n) is 8.99. The molecule has 2 rings (SSSR count). The number of carbonyl (C=O) groups is 2. The lowest BCUT2D eigenvalue weighted by Gasteiger charge is -2.12. The molecule has 0 aliphatic heterocycles. The predicted molar refractivity (Wildman–Crippen MR) is 113 cm³/mol. The van der Waals surface area contributed by atoms with Gasteiger partial charge in [0.1, 0.15) is 23.0 Å². The summed E-state index contributed by atoms with van der Waals surface area (Å²) in [6, 6.07) is 9.87. The van der Waals surface area contributed by atoms with Crippen LogP contribution in [0, 0.1) is 0 Å². The van der Waals surface area contributed by atoms with Crippen molar-refractivity contribution in [2.24, 2.45) is 5.10 Å². The molecule has 9 nitrogen and oxygen atoms in total. The summed E-state index contributed by atoms with van der Waals surface area (Å²) in [5.74, 6) is 1.22. The van der Waals surface area contributed by atoms with Gasteiger partial charge in [0.15, 0.2) is 0 Å². The van der Waals surface area contributed by atoms with Crippen molar-refractivity contribution in [3.63, 3.8) is 0 Å². The van der Waals surface area contributed by atoms with Gasteiger partial charge in [0.25, 0.3) is 5.91 Å². The molecule has 0 saturated heterocycles. The summed E-state index contributed by atoms with van der Waals surface area (Å²) in [5.41, 5.74) is 3.64. The molecule has 0 unspecified atom stereocenters. The lowest BCUT2D eigenvalue weighted by Crippen LogP contribution is -2.22. The first-order valence-corrected chi connectivity index (χ1v) is 8.99. The normalized spacial score (nSPS) is 10.8. The van der Waals surface area contributed by atoms with E-state index in [0.29, 0.717) is 40.0 Å². The Balaban J connectivity index is 2.00. The van der Waals surface area contributed by atoms with Crippen LogP contribution in [0.15, 0.2) is 41.5 Å². The van der Waals surface area contributed by atoms with Crippen molar-refractivity contribution in [3.05, 3.63) is 42.0 Å². The minimum atomic E-state index is -0.467. The first kappa shape index (κ1) is 22.5. The van der Waals surface area contributed by atoms with Crippen LogP contribution in [0.25, 0.3) is 0 Å². The Morgan fingerprint density at radius 1 is 0.867 bits per heavy atom. The van der Waals surface area contributed by atoms with E-state index < -0.39 is 5.91 Å². The van der Waals surface area contributed by atoms with E-state index in [0.717, 1.165) is 0 Å². The second-order valence-electron chi connectivity index (χ2n) is 6.15. The standard InChI is InChI=1S/C21H25N3O6/c1-13(10-20(25)22-17-9-7-15(28-3)12-19(17)30-5)23-24-21(26)16-8-6-14(27-2)11-18(16)29-4/h6-9,11-12H,10H2,1-5H3,(H,22,25)(H,24,26). The van der Waals surface area contributed by atoms with E-state index in [4.69, 9.17) is 18.9 Å². The second kappa shape index (κ2) is 10.7. The van der Waals surface area contributed by atoms with Gasteiger partial charge in [-0.05, 0) is 31.2 Å². The molecule has 2 aromatic carbocycles. The Kier molecular flexibility index (Phi) is 8.04.